The molecule has 0 aliphatic heterocycles. The fraction of sp³-hybridized carbons (Fsp3) is 0.286. The Morgan fingerprint density at radius 3 is 2.76 bits per heavy atom. The molecule has 1 atom stereocenters. The number of anilines is 3. The Morgan fingerprint density at radius 1 is 1.36 bits per heavy atom. The number of non-ortho nitro benzene ring substituents is 1. The highest BCUT2D eigenvalue weighted by Gasteiger charge is 2.14. The van der Waals surface area contributed by atoms with Gasteiger partial charge in [-0.05, 0) is 35.5 Å². The van der Waals surface area contributed by atoms with E-state index in [-0.39, 0.29) is 16.5 Å². The Bertz CT molecular complexity index is 804. The molecule has 0 amide bonds. The van der Waals surface area contributed by atoms with Crippen LogP contribution in [0.2, 0.25) is 0 Å². The maximum atomic E-state index is 11.9. The van der Waals surface area contributed by atoms with Gasteiger partial charge in [0.05, 0.1) is 14.3 Å². The first-order valence-corrected chi connectivity index (χ1v) is 9.31. The lowest BCUT2D eigenvalue weighted by Gasteiger charge is -2.10. The van der Waals surface area contributed by atoms with Gasteiger partial charge in [-0.3, -0.25) is 10.1 Å². The molecule has 2 aromatic rings. The van der Waals surface area contributed by atoms with Crippen LogP contribution >= 0.6 is 15.9 Å². The first-order valence-electron chi connectivity index (χ1n) is 7.36. The van der Waals surface area contributed by atoms with Gasteiger partial charge in [-0.15, -0.1) is 0 Å². The number of hydrogen-bond donors (Lipinski definition) is 3. The molecule has 9 nitrogen and oxygen atoms in total. The SMILES string of the molecule is CCCNc1nc(Nc2cc([N+](=O)[O-])cc(S(=O)NC)c2)ncc1Br. The van der Waals surface area contributed by atoms with E-state index in [9.17, 15) is 14.3 Å². The number of nitro benzene ring substituents is 1. The van der Waals surface area contributed by atoms with E-state index in [1.165, 1.54) is 19.2 Å². The van der Waals surface area contributed by atoms with Crippen molar-refractivity contribution in [1.82, 2.24) is 14.7 Å². The van der Waals surface area contributed by atoms with Gasteiger partial charge in [0.2, 0.25) is 5.95 Å². The van der Waals surface area contributed by atoms with E-state index in [0.29, 0.717) is 16.0 Å². The van der Waals surface area contributed by atoms with E-state index < -0.39 is 15.9 Å². The largest absolute Gasteiger partial charge is 0.369 e. The number of benzene rings is 1. The molecule has 134 valence electrons. The highest BCUT2D eigenvalue weighted by molar-refractivity contribution is 9.10. The molecule has 11 heteroatoms. The first-order chi connectivity index (χ1) is 11.9. The molecule has 1 aromatic carbocycles. The number of nitrogens with one attached hydrogen (secondary N) is 3. The minimum absolute atomic E-state index is 0.176. The lowest BCUT2D eigenvalue weighted by Crippen LogP contribution is -2.11. The minimum atomic E-state index is -1.55. The summed E-state index contributed by atoms with van der Waals surface area (Å²) in [7, 11) is -0.0474. The number of halogens is 1. The van der Waals surface area contributed by atoms with Crippen molar-refractivity contribution in [3.8, 4) is 0 Å². The zero-order chi connectivity index (χ0) is 18.4. The second-order valence-electron chi connectivity index (χ2n) is 4.89. The highest BCUT2D eigenvalue weighted by Crippen LogP contribution is 2.26. The molecule has 1 aromatic heterocycles. The van der Waals surface area contributed by atoms with Gasteiger partial charge in [-0.2, -0.15) is 4.98 Å². The van der Waals surface area contributed by atoms with Crippen molar-refractivity contribution in [3.63, 3.8) is 0 Å². The Morgan fingerprint density at radius 2 is 2.12 bits per heavy atom. The molecule has 3 N–H and O–H groups in total. The molecule has 0 aliphatic carbocycles. The number of hydrogen-bond acceptors (Lipinski definition) is 7. The Kier molecular flexibility index (Phi) is 6.79. The zero-order valence-corrected chi connectivity index (χ0v) is 16.0. The smallest absolute Gasteiger partial charge is 0.272 e. The topological polar surface area (TPSA) is 122 Å². The lowest BCUT2D eigenvalue weighted by molar-refractivity contribution is -0.385. The molecular weight excluding hydrogens is 412 g/mol. The van der Waals surface area contributed by atoms with Crippen molar-refractivity contribution >= 4 is 50.1 Å². The monoisotopic (exact) mass is 428 g/mol. The average Bonchev–Trinajstić information content (AvgIpc) is 2.61. The minimum Gasteiger partial charge on any atom is -0.369 e. The molecule has 0 radical (unpaired) electrons. The summed E-state index contributed by atoms with van der Waals surface area (Å²) in [5.74, 6) is 0.882. The second kappa shape index (κ2) is 8.83. The molecule has 1 unspecified atom stereocenters. The number of rotatable bonds is 8. The zero-order valence-electron chi connectivity index (χ0n) is 13.6. The van der Waals surface area contributed by atoms with Crippen LogP contribution < -0.4 is 15.4 Å². The van der Waals surface area contributed by atoms with E-state index in [2.05, 4.69) is 41.3 Å². The molecule has 0 bridgehead atoms. The van der Waals surface area contributed by atoms with Gasteiger partial charge in [-0.25, -0.2) is 13.9 Å². The quantitative estimate of drug-likeness (QED) is 0.436. The predicted octanol–water partition coefficient (Wildman–Crippen LogP) is 2.95. The van der Waals surface area contributed by atoms with Crippen molar-refractivity contribution in [1.29, 1.82) is 0 Å². The number of nitro groups is 1. The lowest BCUT2D eigenvalue weighted by atomic mass is 10.3. The molecule has 1 heterocycles. The summed E-state index contributed by atoms with van der Waals surface area (Å²) in [6.07, 6.45) is 2.51. The van der Waals surface area contributed by atoms with E-state index in [0.717, 1.165) is 13.0 Å². The summed E-state index contributed by atoms with van der Waals surface area (Å²) in [4.78, 5) is 19.3. The summed E-state index contributed by atoms with van der Waals surface area (Å²) < 4.78 is 15.2. The maximum absolute atomic E-state index is 11.9. The van der Waals surface area contributed by atoms with Crippen LogP contribution in [-0.4, -0.2) is 32.7 Å². The van der Waals surface area contributed by atoms with Crippen LogP contribution in [0.5, 0.6) is 0 Å². The number of nitrogens with zero attached hydrogens (tertiary/aromatic N) is 3. The summed E-state index contributed by atoms with van der Waals surface area (Å²) >= 11 is 3.36. The van der Waals surface area contributed by atoms with Crippen molar-refractivity contribution in [2.24, 2.45) is 0 Å². The molecular formula is C14H17BrN6O3S. The Hall–Kier alpha value is -2.11. The number of aromatic nitrogens is 2. The van der Waals surface area contributed by atoms with Crippen molar-refractivity contribution in [3.05, 3.63) is 39.0 Å². The van der Waals surface area contributed by atoms with E-state index in [4.69, 9.17) is 0 Å². The van der Waals surface area contributed by atoms with E-state index in [1.54, 1.807) is 12.3 Å². The van der Waals surface area contributed by atoms with Crippen LogP contribution in [0.15, 0.2) is 33.8 Å². The molecule has 0 saturated heterocycles. The standard InChI is InChI=1S/C14H17BrN6O3S/c1-3-4-17-13-12(15)8-18-14(20-13)19-9-5-10(21(22)23)7-11(6-9)25(24)16-2/h5-8,16H,3-4H2,1-2H3,(H2,17,18,19,20). The summed E-state index contributed by atoms with van der Waals surface area (Å²) in [5, 5.41) is 17.2. The fourth-order valence-electron chi connectivity index (χ4n) is 1.91. The Labute approximate surface area is 155 Å². The molecule has 0 spiro atoms. The van der Waals surface area contributed by atoms with Crippen LogP contribution in [0.25, 0.3) is 0 Å². The molecule has 2 rings (SSSR count). The summed E-state index contributed by atoms with van der Waals surface area (Å²) in [6.45, 7) is 2.78. The Balaban J connectivity index is 2.34. The van der Waals surface area contributed by atoms with Crippen LogP contribution in [0.4, 0.5) is 23.1 Å². The molecule has 0 aliphatic rings. The van der Waals surface area contributed by atoms with Gasteiger partial charge in [-0.1, -0.05) is 6.92 Å². The van der Waals surface area contributed by atoms with Crippen LogP contribution in [0, 0.1) is 10.1 Å². The molecule has 25 heavy (non-hydrogen) atoms. The highest BCUT2D eigenvalue weighted by atomic mass is 79.9. The van der Waals surface area contributed by atoms with Gasteiger partial charge in [0.1, 0.15) is 16.8 Å². The first kappa shape index (κ1) is 19.2. The summed E-state index contributed by atoms with van der Waals surface area (Å²) in [5.41, 5.74) is 0.196. The van der Waals surface area contributed by atoms with E-state index >= 15 is 0 Å². The third kappa shape index (κ3) is 5.18. The molecule has 0 fully saturated rings. The van der Waals surface area contributed by atoms with Crippen LogP contribution in [0.1, 0.15) is 13.3 Å². The fourth-order valence-corrected chi connectivity index (χ4v) is 2.94. The van der Waals surface area contributed by atoms with Gasteiger partial charge in [0.15, 0.2) is 0 Å². The van der Waals surface area contributed by atoms with Crippen molar-refractivity contribution in [2.45, 2.75) is 18.2 Å². The predicted molar refractivity (Wildman–Crippen MR) is 100 cm³/mol. The second-order valence-corrected chi connectivity index (χ2v) is 7.16. The van der Waals surface area contributed by atoms with E-state index in [1.807, 2.05) is 6.92 Å². The summed E-state index contributed by atoms with van der Waals surface area (Å²) in [6, 6.07) is 4.14. The average molecular weight is 429 g/mol. The van der Waals surface area contributed by atoms with Gasteiger partial charge in [0, 0.05) is 30.6 Å². The maximum Gasteiger partial charge on any atom is 0.272 e. The third-order valence-electron chi connectivity index (χ3n) is 3.04. The van der Waals surface area contributed by atoms with Gasteiger partial charge >= 0.3 is 0 Å². The molecule has 0 saturated carbocycles. The van der Waals surface area contributed by atoms with Crippen LogP contribution in [-0.2, 0) is 11.0 Å². The normalized spacial score (nSPS) is 11.8. The van der Waals surface area contributed by atoms with Crippen molar-refractivity contribution in [2.75, 3.05) is 24.2 Å². The van der Waals surface area contributed by atoms with Gasteiger partial charge < -0.3 is 10.6 Å². The van der Waals surface area contributed by atoms with Crippen molar-refractivity contribution < 1.29 is 9.13 Å². The van der Waals surface area contributed by atoms with Gasteiger partial charge in [0.25, 0.3) is 5.69 Å². The van der Waals surface area contributed by atoms with Crippen LogP contribution in [0.3, 0.4) is 0 Å². The third-order valence-corrected chi connectivity index (χ3v) is 4.66.